The van der Waals surface area contributed by atoms with Crippen LogP contribution in [0.4, 0.5) is 18.2 Å². The van der Waals surface area contributed by atoms with Crippen LogP contribution in [0.2, 0.25) is 0 Å². The zero-order valence-corrected chi connectivity index (χ0v) is 22.0. The Morgan fingerprint density at radius 2 is 2.03 bits per heavy atom. The first kappa shape index (κ1) is 26.6. The normalized spacial score (nSPS) is 15.9. The SMILES string of the molecule is [C-]#[N+]c1cc2c(s1)CN(C(=O)/C=C/CN(C)C)CC2c1ccc(C)cc1-c1cn(CC)nc1C(F)(F)F. The number of nitrogens with zero attached hydrogens (tertiary/aromatic N) is 5. The number of rotatable bonds is 6. The van der Waals surface area contributed by atoms with Crippen molar-refractivity contribution in [3.63, 3.8) is 0 Å². The van der Waals surface area contributed by atoms with Gasteiger partial charge < -0.3 is 9.80 Å². The molecule has 1 aliphatic rings. The fourth-order valence-corrected chi connectivity index (χ4v) is 5.58. The lowest BCUT2D eigenvalue weighted by Crippen LogP contribution is -2.37. The second-order valence-corrected chi connectivity index (χ2v) is 10.5. The number of aryl methyl sites for hydroxylation is 2. The number of thiophene rings is 1. The Balaban J connectivity index is 1.85. The Hall–Kier alpha value is -3.42. The summed E-state index contributed by atoms with van der Waals surface area (Å²) in [6.07, 6.45) is 0.149. The topological polar surface area (TPSA) is 45.7 Å². The van der Waals surface area contributed by atoms with Gasteiger partial charge in [0.2, 0.25) is 10.9 Å². The molecule has 0 saturated carbocycles. The average molecular weight is 528 g/mol. The highest BCUT2D eigenvalue weighted by molar-refractivity contribution is 7.16. The minimum Gasteiger partial charge on any atom is -0.333 e. The Morgan fingerprint density at radius 3 is 2.68 bits per heavy atom. The number of aromatic nitrogens is 2. The van der Waals surface area contributed by atoms with Crippen molar-refractivity contribution in [3.8, 4) is 11.1 Å². The number of likely N-dealkylation sites (N-methyl/N-ethyl adjacent to an activating group) is 1. The summed E-state index contributed by atoms with van der Waals surface area (Å²) in [4.78, 5) is 21.2. The highest BCUT2D eigenvalue weighted by Crippen LogP contribution is 2.46. The van der Waals surface area contributed by atoms with Crippen LogP contribution >= 0.6 is 11.3 Å². The summed E-state index contributed by atoms with van der Waals surface area (Å²) in [5, 5.41) is 4.32. The lowest BCUT2D eigenvalue weighted by molar-refractivity contribution is -0.141. The van der Waals surface area contributed by atoms with Gasteiger partial charge in [-0.1, -0.05) is 29.8 Å². The molecule has 1 unspecified atom stereocenters. The summed E-state index contributed by atoms with van der Waals surface area (Å²) in [5.41, 5.74) is 1.92. The van der Waals surface area contributed by atoms with Crippen LogP contribution < -0.4 is 0 Å². The number of hydrogen-bond acceptors (Lipinski definition) is 4. The van der Waals surface area contributed by atoms with Gasteiger partial charge in [-0.15, -0.1) is 0 Å². The molecular formula is C27H28F3N5OS. The molecule has 0 aliphatic carbocycles. The van der Waals surface area contributed by atoms with E-state index in [4.69, 9.17) is 6.57 Å². The van der Waals surface area contributed by atoms with Gasteiger partial charge in [0, 0.05) is 48.3 Å². The molecule has 0 N–H and O–H groups in total. The molecule has 2 aromatic heterocycles. The second-order valence-electron chi connectivity index (χ2n) is 9.35. The molecule has 0 radical (unpaired) electrons. The van der Waals surface area contributed by atoms with Crippen molar-refractivity contribution < 1.29 is 18.0 Å². The maximum atomic E-state index is 14.0. The average Bonchev–Trinajstić information content (AvgIpc) is 3.47. The molecule has 4 rings (SSSR count). The summed E-state index contributed by atoms with van der Waals surface area (Å²) in [6.45, 7) is 12.6. The molecule has 1 amide bonds. The third-order valence-corrected chi connectivity index (χ3v) is 7.35. The van der Waals surface area contributed by atoms with E-state index < -0.39 is 11.9 Å². The molecule has 1 aliphatic heterocycles. The van der Waals surface area contributed by atoms with E-state index in [0.29, 0.717) is 42.3 Å². The molecule has 37 heavy (non-hydrogen) atoms. The van der Waals surface area contributed by atoms with Crippen molar-refractivity contribution in [1.82, 2.24) is 19.6 Å². The van der Waals surface area contributed by atoms with Crippen LogP contribution in [-0.2, 0) is 24.1 Å². The first-order valence-corrected chi connectivity index (χ1v) is 12.7. The molecule has 0 saturated heterocycles. The van der Waals surface area contributed by atoms with Crippen molar-refractivity contribution in [2.75, 3.05) is 27.2 Å². The molecule has 194 valence electrons. The van der Waals surface area contributed by atoms with Gasteiger partial charge in [-0.05, 0) is 50.7 Å². The van der Waals surface area contributed by atoms with Crippen LogP contribution in [0.1, 0.15) is 40.1 Å². The van der Waals surface area contributed by atoms with Gasteiger partial charge in [0.05, 0.1) is 13.1 Å². The maximum Gasteiger partial charge on any atom is 0.435 e. The minimum atomic E-state index is -4.62. The quantitative estimate of drug-likeness (QED) is 0.287. The first-order valence-electron chi connectivity index (χ1n) is 11.9. The predicted molar refractivity (Wildman–Crippen MR) is 139 cm³/mol. The van der Waals surface area contributed by atoms with E-state index >= 15 is 0 Å². The molecule has 10 heteroatoms. The highest BCUT2D eigenvalue weighted by Gasteiger charge is 2.39. The number of fused-ring (bicyclic) bond motifs is 1. The smallest absolute Gasteiger partial charge is 0.333 e. The number of halogens is 3. The maximum absolute atomic E-state index is 14.0. The van der Waals surface area contributed by atoms with Crippen molar-refractivity contribution in [2.24, 2.45) is 0 Å². The second kappa shape index (κ2) is 10.5. The Kier molecular flexibility index (Phi) is 7.57. The van der Waals surface area contributed by atoms with Crippen molar-refractivity contribution in [3.05, 3.63) is 81.3 Å². The van der Waals surface area contributed by atoms with Gasteiger partial charge in [-0.3, -0.25) is 9.48 Å². The Bertz CT molecular complexity index is 1380. The molecule has 1 atom stereocenters. The number of alkyl halides is 3. The highest BCUT2D eigenvalue weighted by atomic mass is 32.1. The van der Waals surface area contributed by atoms with Gasteiger partial charge in [0.25, 0.3) is 0 Å². The van der Waals surface area contributed by atoms with E-state index in [2.05, 4.69) is 9.94 Å². The summed E-state index contributed by atoms with van der Waals surface area (Å²) in [7, 11) is 3.81. The van der Waals surface area contributed by atoms with E-state index in [1.54, 1.807) is 24.0 Å². The van der Waals surface area contributed by atoms with E-state index in [1.807, 2.05) is 44.1 Å². The summed E-state index contributed by atoms with van der Waals surface area (Å²) in [6, 6.07) is 7.27. The van der Waals surface area contributed by atoms with Gasteiger partial charge >= 0.3 is 6.18 Å². The van der Waals surface area contributed by atoms with Gasteiger partial charge in [0.1, 0.15) is 0 Å². The fraction of sp³-hybridized carbons (Fsp3) is 0.370. The Morgan fingerprint density at radius 1 is 1.27 bits per heavy atom. The molecule has 0 spiro atoms. The lowest BCUT2D eigenvalue weighted by Gasteiger charge is -2.34. The van der Waals surface area contributed by atoms with Gasteiger partial charge in [0.15, 0.2) is 5.69 Å². The lowest BCUT2D eigenvalue weighted by atomic mass is 9.83. The van der Waals surface area contributed by atoms with Crippen molar-refractivity contribution >= 4 is 22.2 Å². The molecular weight excluding hydrogens is 499 g/mol. The van der Waals surface area contributed by atoms with E-state index in [1.165, 1.54) is 28.3 Å². The Labute approximate surface area is 218 Å². The molecule has 0 bridgehead atoms. The summed E-state index contributed by atoms with van der Waals surface area (Å²) >= 11 is 1.33. The van der Waals surface area contributed by atoms with E-state index in [9.17, 15) is 18.0 Å². The van der Waals surface area contributed by atoms with E-state index in [-0.39, 0.29) is 17.4 Å². The standard InChI is InChI=1S/C27H28F3N5OS/c1-6-35-15-22(26(32-35)27(28,29)30)19-12-17(2)9-10-18(19)21-14-34(25(36)8-7-11-33(4)5)16-23-20(21)13-24(31-3)37-23/h7-10,12-13,15,21H,6,11,14,16H2,1-2,4-5H3/b8-7+. The first-order chi connectivity index (χ1) is 17.5. The zero-order chi connectivity index (χ0) is 26.9. The fourth-order valence-electron chi connectivity index (χ4n) is 4.56. The number of hydrogen-bond donors (Lipinski definition) is 0. The summed E-state index contributed by atoms with van der Waals surface area (Å²) in [5.74, 6) is -0.554. The van der Waals surface area contributed by atoms with Crippen molar-refractivity contribution in [2.45, 2.75) is 39.0 Å². The number of carbonyl (C=O) groups excluding carboxylic acids is 1. The monoisotopic (exact) mass is 527 g/mol. The molecule has 3 heterocycles. The summed E-state index contributed by atoms with van der Waals surface area (Å²) < 4.78 is 43.3. The number of amides is 1. The number of carbonyl (C=O) groups is 1. The minimum absolute atomic E-state index is 0.0181. The third kappa shape index (κ3) is 5.63. The zero-order valence-electron chi connectivity index (χ0n) is 21.1. The van der Waals surface area contributed by atoms with Crippen LogP contribution in [-0.4, -0.2) is 52.7 Å². The largest absolute Gasteiger partial charge is 0.435 e. The third-order valence-electron chi connectivity index (χ3n) is 6.32. The van der Waals surface area contributed by atoms with E-state index in [0.717, 1.165) is 16.0 Å². The molecule has 6 nitrogen and oxygen atoms in total. The molecule has 3 aromatic rings. The van der Waals surface area contributed by atoms with Crippen LogP contribution in [0, 0.1) is 13.5 Å². The molecule has 0 fully saturated rings. The predicted octanol–water partition coefficient (Wildman–Crippen LogP) is 6.10. The number of benzene rings is 1. The van der Waals surface area contributed by atoms with Crippen molar-refractivity contribution in [1.29, 1.82) is 0 Å². The van der Waals surface area contributed by atoms with Gasteiger partial charge in [-0.2, -0.15) is 29.6 Å². The van der Waals surface area contributed by atoms with Gasteiger partial charge in [-0.25, -0.2) is 4.85 Å². The van der Waals surface area contributed by atoms with Crippen LogP contribution in [0.15, 0.2) is 42.6 Å². The van der Waals surface area contributed by atoms with Crippen LogP contribution in [0.25, 0.3) is 16.0 Å². The van der Waals surface area contributed by atoms with Crippen LogP contribution in [0.5, 0.6) is 0 Å². The van der Waals surface area contributed by atoms with Crippen LogP contribution in [0.3, 0.4) is 0 Å². The molecule has 1 aromatic carbocycles.